The number of nitrogens with one attached hydrogen (secondary N) is 1. The molecule has 14 heavy (non-hydrogen) atoms. The van der Waals surface area contributed by atoms with Crippen molar-refractivity contribution in [2.75, 3.05) is 19.6 Å². The van der Waals surface area contributed by atoms with Gasteiger partial charge < -0.3 is 21.1 Å². The second-order valence-corrected chi connectivity index (χ2v) is 3.37. The van der Waals surface area contributed by atoms with Crippen molar-refractivity contribution in [2.45, 2.75) is 18.9 Å². The molecule has 0 aromatic carbocycles. The minimum atomic E-state index is -1.10. The third-order valence-corrected chi connectivity index (χ3v) is 2.19. The van der Waals surface area contributed by atoms with Crippen LogP contribution in [0.2, 0.25) is 0 Å². The van der Waals surface area contributed by atoms with E-state index in [1.54, 1.807) is 4.90 Å². The number of hydrogen-bond donors (Lipinski definition) is 3. The minimum absolute atomic E-state index is 0.0355. The molecule has 1 atom stereocenters. The van der Waals surface area contributed by atoms with Crippen molar-refractivity contribution in [1.82, 2.24) is 10.2 Å². The van der Waals surface area contributed by atoms with Gasteiger partial charge in [-0.15, -0.1) is 0 Å². The molecule has 6 nitrogen and oxygen atoms in total. The Morgan fingerprint density at radius 3 is 2.79 bits per heavy atom. The second kappa shape index (κ2) is 4.80. The van der Waals surface area contributed by atoms with E-state index < -0.39 is 6.09 Å². The molecule has 1 rings (SSSR count). The number of hydrogen-bond acceptors (Lipinski definition) is 3. The Bertz CT molecular complexity index is 232. The highest BCUT2D eigenvalue weighted by Gasteiger charge is 2.22. The van der Waals surface area contributed by atoms with Gasteiger partial charge in [0.05, 0.1) is 0 Å². The monoisotopic (exact) mass is 201 g/mol. The maximum absolute atomic E-state index is 11.4. The molecular weight excluding hydrogens is 186 g/mol. The SMILES string of the molecule is NC1CCN(C(=O)CCNC(=O)O)C1. The fraction of sp³-hybridized carbons (Fsp3) is 0.750. The Labute approximate surface area is 82.1 Å². The zero-order valence-corrected chi connectivity index (χ0v) is 7.90. The van der Waals surface area contributed by atoms with E-state index in [-0.39, 0.29) is 24.9 Å². The summed E-state index contributed by atoms with van der Waals surface area (Å²) in [7, 11) is 0. The van der Waals surface area contributed by atoms with Gasteiger partial charge in [-0.05, 0) is 6.42 Å². The molecule has 0 bridgehead atoms. The van der Waals surface area contributed by atoms with Crippen molar-refractivity contribution in [3.63, 3.8) is 0 Å². The van der Waals surface area contributed by atoms with Gasteiger partial charge in [0.1, 0.15) is 0 Å². The van der Waals surface area contributed by atoms with Gasteiger partial charge in [-0.3, -0.25) is 4.79 Å². The van der Waals surface area contributed by atoms with Crippen molar-refractivity contribution in [3.8, 4) is 0 Å². The lowest BCUT2D eigenvalue weighted by molar-refractivity contribution is -0.130. The Morgan fingerprint density at radius 1 is 1.57 bits per heavy atom. The van der Waals surface area contributed by atoms with E-state index in [1.165, 1.54) is 0 Å². The van der Waals surface area contributed by atoms with E-state index in [2.05, 4.69) is 5.32 Å². The van der Waals surface area contributed by atoms with Gasteiger partial charge in [0.2, 0.25) is 5.91 Å². The quantitative estimate of drug-likeness (QED) is 0.557. The lowest BCUT2D eigenvalue weighted by Gasteiger charge is -2.15. The van der Waals surface area contributed by atoms with Crippen LogP contribution < -0.4 is 11.1 Å². The van der Waals surface area contributed by atoms with Gasteiger partial charge in [0.15, 0.2) is 0 Å². The predicted octanol–water partition coefficient (Wildman–Crippen LogP) is -0.796. The largest absolute Gasteiger partial charge is 0.465 e. The van der Waals surface area contributed by atoms with Crippen LogP contribution in [-0.2, 0) is 4.79 Å². The minimum Gasteiger partial charge on any atom is -0.465 e. The zero-order chi connectivity index (χ0) is 10.6. The fourth-order valence-corrected chi connectivity index (χ4v) is 1.45. The van der Waals surface area contributed by atoms with Gasteiger partial charge in [-0.1, -0.05) is 0 Å². The van der Waals surface area contributed by atoms with E-state index >= 15 is 0 Å². The summed E-state index contributed by atoms with van der Waals surface area (Å²) in [5.41, 5.74) is 5.64. The van der Waals surface area contributed by atoms with E-state index in [4.69, 9.17) is 10.8 Å². The summed E-state index contributed by atoms with van der Waals surface area (Å²) in [6, 6.07) is 0.0754. The number of amides is 2. The van der Waals surface area contributed by atoms with Crippen LogP contribution in [0.1, 0.15) is 12.8 Å². The van der Waals surface area contributed by atoms with Crippen LogP contribution in [0, 0.1) is 0 Å². The normalized spacial score (nSPS) is 20.9. The molecule has 80 valence electrons. The Morgan fingerprint density at radius 2 is 2.29 bits per heavy atom. The molecule has 1 aliphatic heterocycles. The third-order valence-electron chi connectivity index (χ3n) is 2.19. The van der Waals surface area contributed by atoms with Crippen molar-refractivity contribution >= 4 is 12.0 Å². The first-order chi connectivity index (χ1) is 6.59. The first-order valence-electron chi connectivity index (χ1n) is 4.59. The van der Waals surface area contributed by atoms with E-state index in [0.29, 0.717) is 13.1 Å². The average molecular weight is 201 g/mol. The molecule has 4 N–H and O–H groups in total. The van der Waals surface area contributed by atoms with Crippen molar-refractivity contribution in [2.24, 2.45) is 5.73 Å². The summed E-state index contributed by atoms with van der Waals surface area (Å²) >= 11 is 0. The smallest absolute Gasteiger partial charge is 0.404 e. The molecule has 1 aliphatic rings. The number of nitrogens with zero attached hydrogens (tertiary/aromatic N) is 1. The average Bonchev–Trinajstić information content (AvgIpc) is 2.51. The standard InChI is InChI=1S/C8H15N3O3/c9-6-2-4-11(5-6)7(12)1-3-10-8(13)14/h6,10H,1-5,9H2,(H,13,14). The van der Waals surface area contributed by atoms with Crippen LogP contribution >= 0.6 is 0 Å². The zero-order valence-electron chi connectivity index (χ0n) is 7.90. The third kappa shape index (κ3) is 3.21. The highest BCUT2D eigenvalue weighted by Crippen LogP contribution is 2.07. The molecule has 1 unspecified atom stereocenters. The number of carbonyl (C=O) groups is 2. The Hall–Kier alpha value is -1.30. The Balaban J connectivity index is 2.18. The number of rotatable bonds is 3. The Kier molecular flexibility index (Phi) is 3.70. The molecule has 0 aromatic rings. The van der Waals surface area contributed by atoms with Gasteiger partial charge in [-0.2, -0.15) is 0 Å². The molecule has 0 aliphatic carbocycles. The molecular formula is C8H15N3O3. The summed E-state index contributed by atoms with van der Waals surface area (Å²) in [6.45, 7) is 1.44. The summed E-state index contributed by atoms with van der Waals surface area (Å²) in [6.07, 6.45) is -0.0622. The summed E-state index contributed by atoms with van der Waals surface area (Å²) < 4.78 is 0. The van der Waals surface area contributed by atoms with Crippen LogP contribution in [0.3, 0.4) is 0 Å². The fourth-order valence-electron chi connectivity index (χ4n) is 1.45. The molecule has 0 saturated carbocycles. The predicted molar refractivity (Wildman–Crippen MR) is 49.8 cm³/mol. The number of likely N-dealkylation sites (tertiary alicyclic amines) is 1. The first-order valence-corrected chi connectivity index (χ1v) is 4.59. The van der Waals surface area contributed by atoms with Crippen LogP contribution in [0.5, 0.6) is 0 Å². The maximum atomic E-state index is 11.4. The van der Waals surface area contributed by atoms with Crippen LogP contribution in [-0.4, -0.2) is 47.7 Å². The van der Waals surface area contributed by atoms with Crippen LogP contribution in [0.4, 0.5) is 4.79 Å². The lowest BCUT2D eigenvalue weighted by Crippen LogP contribution is -2.34. The molecule has 1 fully saturated rings. The topological polar surface area (TPSA) is 95.7 Å². The maximum Gasteiger partial charge on any atom is 0.404 e. The molecule has 1 saturated heterocycles. The van der Waals surface area contributed by atoms with E-state index in [9.17, 15) is 9.59 Å². The van der Waals surface area contributed by atoms with E-state index in [0.717, 1.165) is 6.42 Å². The van der Waals surface area contributed by atoms with Gasteiger partial charge >= 0.3 is 6.09 Å². The van der Waals surface area contributed by atoms with Gasteiger partial charge in [-0.25, -0.2) is 4.79 Å². The lowest BCUT2D eigenvalue weighted by atomic mass is 10.3. The van der Waals surface area contributed by atoms with Crippen molar-refractivity contribution in [3.05, 3.63) is 0 Å². The van der Waals surface area contributed by atoms with Crippen molar-refractivity contribution in [1.29, 1.82) is 0 Å². The second-order valence-electron chi connectivity index (χ2n) is 3.37. The number of carboxylic acid groups (broad SMARTS) is 1. The molecule has 0 aromatic heterocycles. The number of nitrogens with two attached hydrogens (primary N) is 1. The van der Waals surface area contributed by atoms with Crippen molar-refractivity contribution < 1.29 is 14.7 Å². The molecule has 2 amide bonds. The van der Waals surface area contributed by atoms with Gasteiger partial charge in [0.25, 0.3) is 0 Å². The highest BCUT2D eigenvalue weighted by molar-refractivity contribution is 5.77. The molecule has 0 radical (unpaired) electrons. The van der Waals surface area contributed by atoms with Crippen LogP contribution in [0.15, 0.2) is 0 Å². The number of carbonyl (C=O) groups excluding carboxylic acids is 1. The molecule has 0 spiro atoms. The highest BCUT2D eigenvalue weighted by atomic mass is 16.4. The summed E-state index contributed by atoms with van der Waals surface area (Å²) in [5, 5.41) is 10.4. The summed E-state index contributed by atoms with van der Waals surface area (Å²) in [4.78, 5) is 23.2. The summed E-state index contributed by atoms with van der Waals surface area (Å²) in [5.74, 6) is -0.0355. The van der Waals surface area contributed by atoms with E-state index in [1.807, 2.05) is 0 Å². The van der Waals surface area contributed by atoms with Crippen LogP contribution in [0.25, 0.3) is 0 Å². The van der Waals surface area contributed by atoms with Gasteiger partial charge in [0, 0.05) is 32.1 Å². The molecule has 1 heterocycles. The molecule has 6 heteroatoms. The first kappa shape index (κ1) is 10.8.